The molecule has 0 aromatic heterocycles. The number of nitrogens with zero attached hydrogens (tertiary/aromatic N) is 1. The molecule has 0 radical (unpaired) electrons. The number of fused-ring (bicyclic) bond motifs is 1. The van der Waals surface area contributed by atoms with Gasteiger partial charge in [-0.15, -0.1) is 0 Å². The monoisotopic (exact) mass is 274 g/mol. The smallest absolute Gasteiger partial charge is 0.123 e. The summed E-state index contributed by atoms with van der Waals surface area (Å²) in [4.78, 5) is 2.53. The number of benzene rings is 1. The molecule has 1 saturated heterocycles. The minimum atomic E-state index is 0.354. The molecule has 3 heteroatoms. The van der Waals surface area contributed by atoms with Gasteiger partial charge in [0.05, 0.1) is 0 Å². The zero-order chi connectivity index (χ0) is 13.9. The summed E-state index contributed by atoms with van der Waals surface area (Å²) in [5.74, 6) is 1.12. The Morgan fingerprint density at radius 1 is 1.35 bits per heavy atom. The highest BCUT2D eigenvalue weighted by Crippen LogP contribution is 2.28. The molecular weight excluding hydrogens is 248 g/mol. The molecule has 1 aromatic carbocycles. The molecule has 0 spiro atoms. The lowest BCUT2D eigenvalue weighted by atomic mass is 9.99. The highest BCUT2D eigenvalue weighted by atomic mass is 16.5. The second-order valence-electron chi connectivity index (χ2n) is 6.29. The summed E-state index contributed by atoms with van der Waals surface area (Å²) in [6.45, 7) is 8.89. The highest BCUT2D eigenvalue weighted by Gasteiger charge is 2.24. The average Bonchev–Trinajstić information content (AvgIpc) is 2.48. The molecule has 0 bridgehead atoms. The Labute approximate surface area is 122 Å². The van der Waals surface area contributed by atoms with Crippen LogP contribution >= 0.6 is 0 Å². The van der Waals surface area contributed by atoms with Crippen molar-refractivity contribution in [1.29, 1.82) is 0 Å². The lowest BCUT2D eigenvalue weighted by Crippen LogP contribution is -2.44. The Kier molecular flexibility index (Phi) is 4.27. The maximum absolute atomic E-state index is 6.36. The molecule has 1 fully saturated rings. The lowest BCUT2D eigenvalue weighted by Gasteiger charge is -2.36. The SMILES string of the molecule is CC(C)N1CCCC(Oc2cccc3c2CCNC3)C1. The van der Waals surface area contributed by atoms with E-state index in [2.05, 4.69) is 42.3 Å². The normalized spacial score (nSPS) is 23.6. The second kappa shape index (κ2) is 6.15. The first-order valence-corrected chi connectivity index (χ1v) is 7.96. The molecule has 3 nitrogen and oxygen atoms in total. The maximum atomic E-state index is 6.36. The van der Waals surface area contributed by atoms with Crippen LogP contribution in [0.3, 0.4) is 0 Å². The predicted molar refractivity (Wildman–Crippen MR) is 82.2 cm³/mol. The zero-order valence-corrected chi connectivity index (χ0v) is 12.7. The van der Waals surface area contributed by atoms with Gasteiger partial charge in [0.1, 0.15) is 11.9 Å². The van der Waals surface area contributed by atoms with Crippen molar-refractivity contribution in [3.63, 3.8) is 0 Å². The van der Waals surface area contributed by atoms with Crippen LogP contribution in [0.15, 0.2) is 18.2 Å². The number of hydrogen-bond donors (Lipinski definition) is 1. The van der Waals surface area contributed by atoms with Gasteiger partial charge >= 0.3 is 0 Å². The predicted octanol–water partition coefficient (Wildman–Crippen LogP) is 2.58. The molecule has 3 rings (SSSR count). The minimum absolute atomic E-state index is 0.354. The molecule has 2 heterocycles. The van der Waals surface area contributed by atoms with Gasteiger partial charge in [0.2, 0.25) is 0 Å². The minimum Gasteiger partial charge on any atom is -0.489 e. The standard InChI is InChI=1S/C17H26N2O/c1-13(2)19-10-4-6-15(12-19)20-17-7-3-5-14-11-18-9-8-16(14)17/h3,5,7,13,15,18H,4,6,8-12H2,1-2H3. The van der Waals surface area contributed by atoms with E-state index in [1.54, 1.807) is 0 Å². The van der Waals surface area contributed by atoms with Gasteiger partial charge in [-0.2, -0.15) is 0 Å². The van der Waals surface area contributed by atoms with E-state index >= 15 is 0 Å². The summed E-state index contributed by atoms with van der Waals surface area (Å²) >= 11 is 0. The van der Waals surface area contributed by atoms with Gasteiger partial charge in [-0.25, -0.2) is 0 Å². The van der Waals surface area contributed by atoms with Crippen LogP contribution in [0, 0.1) is 0 Å². The van der Waals surface area contributed by atoms with Crippen LogP contribution in [0.2, 0.25) is 0 Å². The van der Waals surface area contributed by atoms with Crippen molar-refractivity contribution in [2.24, 2.45) is 0 Å². The van der Waals surface area contributed by atoms with Crippen LogP contribution < -0.4 is 10.1 Å². The summed E-state index contributed by atoms with van der Waals surface area (Å²) in [5, 5.41) is 3.43. The number of nitrogens with one attached hydrogen (secondary N) is 1. The summed E-state index contributed by atoms with van der Waals surface area (Å²) in [6.07, 6.45) is 3.88. The fraction of sp³-hybridized carbons (Fsp3) is 0.647. The van der Waals surface area contributed by atoms with Crippen LogP contribution in [0.5, 0.6) is 5.75 Å². The maximum Gasteiger partial charge on any atom is 0.123 e. The average molecular weight is 274 g/mol. The van der Waals surface area contributed by atoms with E-state index in [4.69, 9.17) is 4.74 Å². The first-order valence-electron chi connectivity index (χ1n) is 7.96. The molecule has 1 aromatic rings. The largest absolute Gasteiger partial charge is 0.489 e. The Morgan fingerprint density at radius 2 is 2.25 bits per heavy atom. The van der Waals surface area contributed by atoms with E-state index in [1.807, 2.05) is 0 Å². The fourth-order valence-electron chi connectivity index (χ4n) is 3.32. The van der Waals surface area contributed by atoms with Gasteiger partial charge in [0.25, 0.3) is 0 Å². The Balaban J connectivity index is 1.71. The molecule has 2 aliphatic heterocycles. The van der Waals surface area contributed by atoms with E-state index in [1.165, 1.54) is 30.5 Å². The van der Waals surface area contributed by atoms with Gasteiger partial charge in [-0.3, -0.25) is 4.90 Å². The molecule has 110 valence electrons. The van der Waals surface area contributed by atoms with E-state index in [-0.39, 0.29) is 0 Å². The van der Waals surface area contributed by atoms with E-state index in [0.29, 0.717) is 12.1 Å². The molecule has 0 saturated carbocycles. The number of rotatable bonds is 3. The molecule has 0 aliphatic carbocycles. The topological polar surface area (TPSA) is 24.5 Å². The number of piperidine rings is 1. The van der Waals surface area contributed by atoms with Crippen molar-refractivity contribution in [3.05, 3.63) is 29.3 Å². The quantitative estimate of drug-likeness (QED) is 0.917. The molecule has 0 amide bonds. The number of ether oxygens (including phenoxy) is 1. The molecule has 2 aliphatic rings. The molecule has 20 heavy (non-hydrogen) atoms. The van der Waals surface area contributed by atoms with E-state index < -0.39 is 0 Å². The van der Waals surface area contributed by atoms with E-state index in [0.717, 1.165) is 31.8 Å². The molecule has 1 unspecified atom stereocenters. The van der Waals surface area contributed by atoms with Crippen LogP contribution in [0.25, 0.3) is 0 Å². The number of hydrogen-bond acceptors (Lipinski definition) is 3. The third-order valence-electron chi connectivity index (χ3n) is 4.53. The van der Waals surface area contributed by atoms with Crippen LogP contribution in [-0.4, -0.2) is 36.7 Å². The lowest BCUT2D eigenvalue weighted by molar-refractivity contribution is 0.0699. The molecule has 1 N–H and O–H groups in total. The molecule has 1 atom stereocenters. The van der Waals surface area contributed by atoms with Crippen molar-refractivity contribution in [2.45, 2.75) is 51.8 Å². The third kappa shape index (κ3) is 2.99. The molecular formula is C17H26N2O. The Morgan fingerprint density at radius 3 is 3.10 bits per heavy atom. The van der Waals surface area contributed by atoms with E-state index in [9.17, 15) is 0 Å². The fourth-order valence-corrected chi connectivity index (χ4v) is 3.32. The van der Waals surface area contributed by atoms with Gasteiger partial charge in [-0.1, -0.05) is 12.1 Å². The van der Waals surface area contributed by atoms with Crippen molar-refractivity contribution in [2.75, 3.05) is 19.6 Å². The zero-order valence-electron chi connectivity index (χ0n) is 12.7. The second-order valence-corrected chi connectivity index (χ2v) is 6.29. The van der Waals surface area contributed by atoms with Crippen LogP contribution in [0.1, 0.15) is 37.8 Å². The Hall–Kier alpha value is -1.06. The number of likely N-dealkylation sites (tertiary alicyclic amines) is 1. The van der Waals surface area contributed by atoms with Gasteiger partial charge in [0, 0.05) is 19.1 Å². The van der Waals surface area contributed by atoms with Gasteiger partial charge in [0.15, 0.2) is 0 Å². The summed E-state index contributed by atoms with van der Waals surface area (Å²) in [6, 6.07) is 7.12. The summed E-state index contributed by atoms with van der Waals surface area (Å²) in [5.41, 5.74) is 2.83. The van der Waals surface area contributed by atoms with Crippen molar-refractivity contribution >= 4 is 0 Å². The van der Waals surface area contributed by atoms with Gasteiger partial charge < -0.3 is 10.1 Å². The van der Waals surface area contributed by atoms with Gasteiger partial charge in [-0.05, 0) is 63.4 Å². The summed E-state index contributed by atoms with van der Waals surface area (Å²) < 4.78 is 6.36. The first-order chi connectivity index (χ1) is 9.74. The van der Waals surface area contributed by atoms with Crippen LogP contribution in [-0.2, 0) is 13.0 Å². The third-order valence-corrected chi connectivity index (χ3v) is 4.53. The van der Waals surface area contributed by atoms with Crippen LogP contribution in [0.4, 0.5) is 0 Å². The Bertz CT molecular complexity index is 458. The first kappa shape index (κ1) is 13.9. The summed E-state index contributed by atoms with van der Waals surface area (Å²) in [7, 11) is 0. The van der Waals surface area contributed by atoms with Crippen molar-refractivity contribution in [3.8, 4) is 5.75 Å². The van der Waals surface area contributed by atoms with Crippen molar-refractivity contribution in [1.82, 2.24) is 10.2 Å². The van der Waals surface area contributed by atoms with Crippen molar-refractivity contribution < 1.29 is 4.74 Å². The highest BCUT2D eigenvalue weighted by molar-refractivity contribution is 5.41.